The van der Waals surface area contributed by atoms with E-state index in [4.69, 9.17) is 14.9 Å². The monoisotopic (exact) mass is 362 g/mol. The van der Waals surface area contributed by atoms with Gasteiger partial charge in [0, 0.05) is 4.90 Å². The molecule has 0 aliphatic carbocycles. The summed E-state index contributed by atoms with van der Waals surface area (Å²) in [5.74, 6) is -0.623. The van der Waals surface area contributed by atoms with E-state index < -0.39 is 5.92 Å². The molecule has 1 aromatic heterocycles. The molecule has 1 atom stereocenters. The number of nitrogens with zero attached hydrogens (tertiary/aromatic N) is 1. The number of thioether (sulfide) groups is 1. The van der Waals surface area contributed by atoms with E-state index in [9.17, 15) is 10.1 Å². The summed E-state index contributed by atoms with van der Waals surface area (Å²) in [5, 5.41) is 10.1. The van der Waals surface area contributed by atoms with Crippen molar-refractivity contribution >= 4 is 22.7 Å². The first-order valence-corrected chi connectivity index (χ1v) is 9.13. The van der Waals surface area contributed by atoms with E-state index >= 15 is 0 Å². The van der Waals surface area contributed by atoms with E-state index in [0.29, 0.717) is 16.5 Å². The van der Waals surface area contributed by atoms with Gasteiger partial charge in [-0.15, -0.1) is 11.8 Å². The van der Waals surface area contributed by atoms with Crippen molar-refractivity contribution in [3.05, 3.63) is 81.3 Å². The molecule has 26 heavy (non-hydrogen) atoms. The Kier molecular flexibility index (Phi) is 3.94. The van der Waals surface area contributed by atoms with Crippen LogP contribution in [-0.2, 0) is 0 Å². The summed E-state index contributed by atoms with van der Waals surface area (Å²) in [6.07, 6.45) is 1.98. The third-order valence-corrected chi connectivity index (χ3v) is 5.16. The molecule has 128 valence electrons. The fraction of sp³-hybridized carbons (Fsp3) is 0.100. The SMILES string of the molecule is CSc1ccc(C2C(C#N)=C(N)Oc3oc4ccccc4c(=O)c32)cc1. The van der Waals surface area contributed by atoms with Crippen molar-refractivity contribution in [1.82, 2.24) is 0 Å². The predicted molar refractivity (Wildman–Crippen MR) is 100 cm³/mol. The van der Waals surface area contributed by atoms with Crippen LogP contribution in [0.25, 0.3) is 11.0 Å². The summed E-state index contributed by atoms with van der Waals surface area (Å²) in [7, 11) is 0. The number of hydrogen-bond donors (Lipinski definition) is 1. The molecule has 5 nitrogen and oxygen atoms in total. The number of nitriles is 1. The summed E-state index contributed by atoms with van der Waals surface area (Å²) in [4.78, 5) is 14.2. The van der Waals surface area contributed by atoms with Crippen LogP contribution in [0.2, 0.25) is 0 Å². The third kappa shape index (κ3) is 2.45. The van der Waals surface area contributed by atoms with E-state index in [1.807, 2.05) is 30.5 Å². The molecule has 0 bridgehead atoms. The van der Waals surface area contributed by atoms with Crippen LogP contribution in [0, 0.1) is 11.3 Å². The van der Waals surface area contributed by atoms with Crippen molar-refractivity contribution in [3.63, 3.8) is 0 Å². The highest BCUT2D eigenvalue weighted by Gasteiger charge is 2.35. The van der Waals surface area contributed by atoms with E-state index in [1.165, 1.54) is 0 Å². The molecular weight excluding hydrogens is 348 g/mol. The van der Waals surface area contributed by atoms with Gasteiger partial charge in [-0.1, -0.05) is 24.3 Å². The molecule has 1 unspecified atom stereocenters. The van der Waals surface area contributed by atoms with Crippen molar-refractivity contribution in [2.24, 2.45) is 5.73 Å². The molecule has 1 aliphatic heterocycles. The lowest BCUT2D eigenvalue weighted by molar-refractivity contribution is 0.296. The summed E-state index contributed by atoms with van der Waals surface area (Å²) < 4.78 is 11.3. The second kappa shape index (κ2) is 6.28. The molecule has 0 spiro atoms. The van der Waals surface area contributed by atoms with Crippen LogP contribution in [0.1, 0.15) is 17.0 Å². The minimum Gasteiger partial charge on any atom is -0.425 e. The summed E-state index contributed by atoms with van der Waals surface area (Å²) in [6.45, 7) is 0. The number of hydrogen-bond acceptors (Lipinski definition) is 6. The standard InChI is InChI=1S/C20H14N2O3S/c1-26-12-8-6-11(7-9-12)16-14(10-21)19(22)25-20-17(16)18(23)13-4-2-3-5-15(13)24-20/h2-9,16H,22H2,1H3. The van der Waals surface area contributed by atoms with Gasteiger partial charge in [-0.05, 0) is 36.1 Å². The predicted octanol–water partition coefficient (Wildman–Crippen LogP) is 3.73. The maximum atomic E-state index is 13.1. The molecule has 2 N–H and O–H groups in total. The molecule has 0 saturated heterocycles. The van der Waals surface area contributed by atoms with Crippen LogP contribution in [0.3, 0.4) is 0 Å². The van der Waals surface area contributed by atoms with Gasteiger partial charge < -0.3 is 14.9 Å². The van der Waals surface area contributed by atoms with Crippen LogP contribution in [-0.4, -0.2) is 6.26 Å². The van der Waals surface area contributed by atoms with Gasteiger partial charge >= 0.3 is 0 Å². The smallest absolute Gasteiger partial charge is 0.300 e. The molecule has 0 fully saturated rings. The average Bonchev–Trinajstić information content (AvgIpc) is 2.67. The van der Waals surface area contributed by atoms with Crippen LogP contribution < -0.4 is 15.9 Å². The lowest BCUT2D eigenvalue weighted by atomic mass is 9.84. The number of ether oxygens (including phenoxy) is 1. The van der Waals surface area contributed by atoms with Gasteiger partial charge in [0.2, 0.25) is 11.3 Å². The number of para-hydroxylation sites is 1. The van der Waals surface area contributed by atoms with Gasteiger partial charge in [-0.25, -0.2) is 0 Å². The Labute approximate surface area is 153 Å². The van der Waals surface area contributed by atoms with Crippen molar-refractivity contribution in [1.29, 1.82) is 5.26 Å². The molecule has 3 aromatic rings. The van der Waals surface area contributed by atoms with Crippen molar-refractivity contribution in [2.75, 3.05) is 6.26 Å². The lowest BCUT2D eigenvalue weighted by Crippen LogP contribution is -2.26. The quantitative estimate of drug-likeness (QED) is 0.699. The first-order valence-electron chi connectivity index (χ1n) is 7.91. The van der Waals surface area contributed by atoms with Gasteiger partial charge in [0.05, 0.1) is 16.9 Å². The van der Waals surface area contributed by atoms with Gasteiger partial charge in [-0.3, -0.25) is 4.79 Å². The number of allylic oxidation sites excluding steroid dienone is 1. The Hall–Kier alpha value is -3.17. The van der Waals surface area contributed by atoms with Crippen molar-refractivity contribution in [3.8, 4) is 12.0 Å². The van der Waals surface area contributed by atoms with E-state index in [2.05, 4.69) is 6.07 Å². The fourth-order valence-corrected chi connectivity index (χ4v) is 3.56. The first kappa shape index (κ1) is 16.3. The molecule has 4 rings (SSSR count). The topological polar surface area (TPSA) is 89.2 Å². The Morgan fingerprint density at radius 3 is 2.58 bits per heavy atom. The van der Waals surface area contributed by atoms with E-state index in [-0.39, 0.29) is 22.8 Å². The average molecular weight is 362 g/mol. The van der Waals surface area contributed by atoms with Gasteiger partial charge in [-0.2, -0.15) is 5.26 Å². The Morgan fingerprint density at radius 2 is 1.88 bits per heavy atom. The van der Waals surface area contributed by atoms with Crippen LogP contribution in [0.5, 0.6) is 5.95 Å². The molecular formula is C20H14N2O3S. The number of fused-ring (bicyclic) bond motifs is 2. The van der Waals surface area contributed by atoms with Gasteiger partial charge in [0.15, 0.2) is 0 Å². The Balaban J connectivity index is 2.02. The van der Waals surface area contributed by atoms with Gasteiger partial charge in [0.25, 0.3) is 5.95 Å². The number of rotatable bonds is 2. The van der Waals surface area contributed by atoms with Crippen LogP contribution in [0.15, 0.2) is 74.1 Å². The maximum Gasteiger partial charge on any atom is 0.300 e. The highest BCUT2D eigenvalue weighted by molar-refractivity contribution is 7.98. The minimum absolute atomic E-state index is 0.0441. The molecule has 2 aromatic carbocycles. The second-order valence-corrected chi connectivity index (χ2v) is 6.71. The first-order chi connectivity index (χ1) is 12.6. The largest absolute Gasteiger partial charge is 0.425 e. The number of benzene rings is 2. The zero-order valence-corrected chi connectivity index (χ0v) is 14.7. The normalized spacial score (nSPS) is 16.1. The molecule has 6 heteroatoms. The van der Waals surface area contributed by atoms with E-state index in [1.54, 1.807) is 36.0 Å². The zero-order valence-electron chi connectivity index (χ0n) is 13.9. The van der Waals surface area contributed by atoms with E-state index in [0.717, 1.165) is 10.5 Å². The molecule has 0 saturated carbocycles. The Bertz CT molecular complexity index is 1140. The molecule has 0 amide bonds. The van der Waals surface area contributed by atoms with Crippen molar-refractivity contribution < 1.29 is 9.15 Å². The Morgan fingerprint density at radius 1 is 1.15 bits per heavy atom. The fourth-order valence-electron chi connectivity index (χ4n) is 3.15. The zero-order chi connectivity index (χ0) is 18.3. The summed E-state index contributed by atoms with van der Waals surface area (Å²) in [6, 6.07) is 16.7. The lowest BCUT2D eigenvalue weighted by Gasteiger charge is -2.24. The molecule has 2 heterocycles. The molecule has 0 radical (unpaired) electrons. The number of nitrogens with two attached hydrogens (primary N) is 1. The summed E-state index contributed by atoms with van der Waals surface area (Å²) in [5.41, 5.74) is 7.44. The third-order valence-electron chi connectivity index (χ3n) is 4.41. The highest BCUT2D eigenvalue weighted by Crippen LogP contribution is 2.41. The van der Waals surface area contributed by atoms with Crippen LogP contribution in [0.4, 0.5) is 0 Å². The summed E-state index contributed by atoms with van der Waals surface area (Å²) >= 11 is 1.62. The molecule has 1 aliphatic rings. The second-order valence-electron chi connectivity index (χ2n) is 5.83. The van der Waals surface area contributed by atoms with Gasteiger partial charge in [0.1, 0.15) is 17.2 Å². The highest BCUT2D eigenvalue weighted by atomic mass is 32.2. The minimum atomic E-state index is -0.625. The van der Waals surface area contributed by atoms with Crippen LogP contribution >= 0.6 is 11.8 Å². The van der Waals surface area contributed by atoms with Crippen molar-refractivity contribution in [2.45, 2.75) is 10.8 Å². The maximum absolute atomic E-state index is 13.1.